The molecule has 94 valence electrons. The monoisotopic (exact) mass is 264 g/mol. The minimum atomic E-state index is -0.104. The topological polar surface area (TPSA) is 78.9 Å². The standard InChI is InChI=1S/C10H12N6OS/c1-17-7-4-2-6(3-5-7)8-11-12-9-13-14-10(18)16(9)15-8/h2-5,8,11,15H,1H3,(H,12,13)(H,14,18). The number of anilines is 1. The first-order valence-electron chi connectivity index (χ1n) is 5.37. The lowest BCUT2D eigenvalue weighted by Crippen LogP contribution is -2.42. The van der Waals surface area contributed by atoms with Crippen molar-refractivity contribution in [1.29, 1.82) is 0 Å². The molecule has 18 heavy (non-hydrogen) atoms. The van der Waals surface area contributed by atoms with Gasteiger partial charge >= 0.3 is 0 Å². The Hall–Kier alpha value is -2.06. The van der Waals surface area contributed by atoms with Gasteiger partial charge in [-0.25, -0.2) is 10.5 Å². The summed E-state index contributed by atoms with van der Waals surface area (Å²) in [6.45, 7) is 0. The van der Waals surface area contributed by atoms with Gasteiger partial charge in [-0.1, -0.05) is 12.1 Å². The molecule has 0 bridgehead atoms. The molecule has 2 heterocycles. The zero-order chi connectivity index (χ0) is 12.5. The van der Waals surface area contributed by atoms with E-state index in [1.165, 1.54) is 0 Å². The first-order valence-corrected chi connectivity index (χ1v) is 5.78. The average Bonchev–Trinajstić information content (AvgIpc) is 2.80. The summed E-state index contributed by atoms with van der Waals surface area (Å²) in [4.78, 5) is 0. The molecule has 0 saturated carbocycles. The van der Waals surface area contributed by atoms with Crippen LogP contribution in [0, 0.1) is 4.77 Å². The molecular weight excluding hydrogens is 252 g/mol. The normalized spacial score (nSPS) is 17.5. The number of benzene rings is 1. The summed E-state index contributed by atoms with van der Waals surface area (Å²) in [6.07, 6.45) is -0.104. The fraction of sp³-hybridized carbons (Fsp3) is 0.200. The number of hydrogen-bond acceptors (Lipinski definition) is 6. The van der Waals surface area contributed by atoms with Crippen LogP contribution in [0.5, 0.6) is 5.75 Å². The molecule has 4 N–H and O–H groups in total. The van der Waals surface area contributed by atoms with Crippen molar-refractivity contribution in [2.24, 2.45) is 0 Å². The minimum Gasteiger partial charge on any atom is -0.497 e. The van der Waals surface area contributed by atoms with Crippen LogP contribution in [0.15, 0.2) is 24.3 Å². The first kappa shape index (κ1) is 11.1. The van der Waals surface area contributed by atoms with Gasteiger partial charge in [0.25, 0.3) is 5.95 Å². The number of fused-ring (bicyclic) bond motifs is 1. The number of ether oxygens (including phenoxy) is 1. The van der Waals surface area contributed by atoms with Crippen LogP contribution < -0.4 is 21.0 Å². The van der Waals surface area contributed by atoms with Crippen LogP contribution in [0.2, 0.25) is 0 Å². The molecule has 1 aromatic heterocycles. The van der Waals surface area contributed by atoms with E-state index in [0.717, 1.165) is 11.3 Å². The van der Waals surface area contributed by atoms with Gasteiger partial charge in [-0.3, -0.25) is 10.9 Å². The van der Waals surface area contributed by atoms with Gasteiger partial charge in [-0.15, -0.1) is 5.10 Å². The molecule has 0 fully saturated rings. The maximum absolute atomic E-state index is 5.13. The van der Waals surface area contributed by atoms with Gasteiger partial charge in [0.2, 0.25) is 4.77 Å². The lowest BCUT2D eigenvalue weighted by atomic mass is 10.2. The van der Waals surface area contributed by atoms with Crippen molar-refractivity contribution >= 4 is 18.2 Å². The Morgan fingerprint density at radius 3 is 2.83 bits per heavy atom. The largest absolute Gasteiger partial charge is 0.497 e. The molecule has 1 unspecified atom stereocenters. The van der Waals surface area contributed by atoms with Gasteiger partial charge in [-0.2, -0.15) is 4.68 Å². The molecule has 2 aromatic rings. The van der Waals surface area contributed by atoms with Gasteiger partial charge in [0.1, 0.15) is 11.9 Å². The number of nitrogens with zero attached hydrogens (tertiary/aromatic N) is 2. The van der Waals surface area contributed by atoms with Crippen molar-refractivity contribution in [3.05, 3.63) is 34.6 Å². The third-order valence-electron chi connectivity index (χ3n) is 2.71. The molecule has 1 aliphatic rings. The molecule has 8 heteroatoms. The summed E-state index contributed by atoms with van der Waals surface area (Å²) in [7, 11) is 1.64. The molecule has 7 nitrogen and oxygen atoms in total. The van der Waals surface area contributed by atoms with Crippen molar-refractivity contribution in [1.82, 2.24) is 20.3 Å². The van der Waals surface area contributed by atoms with Gasteiger partial charge in [-0.05, 0) is 29.9 Å². The van der Waals surface area contributed by atoms with Gasteiger partial charge < -0.3 is 4.74 Å². The van der Waals surface area contributed by atoms with Crippen molar-refractivity contribution in [3.8, 4) is 5.75 Å². The molecule has 0 amide bonds. The molecule has 0 aliphatic carbocycles. The van der Waals surface area contributed by atoms with Crippen molar-refractivity contribution in [2.45, 2.75) is 6.17 Å². The molecule has 0 saturated heterocycles. The van der Waals surface area contributed by atoms with Gasteiger partial charge in [0.15, 0.2) is 0 Å². The molecule has 3 rings (SSSR count). The van der Waals surface area contributed by atoms with E-state index < -0.39 is 0 Å². The van der Waals surface area contributed by atoms with Gasteiger partial charge in [0, 0.05) is 0 Å². The summed E-state index contributed by atoms with van der Waals surface area (Å²) in [5, 5.41) is 6.70. The van der Waals surface area contributed by atoms with Crippen molar-refractivity contribution in [2.75, 3.05) is 18.0 Å². The Kier molecular flexibility index (Phi) is 2.65. The summed E-state index contributed by atoms with van der Waals surface area (Å²) >= 11 is 5.11. The third-order valence-corrected chi connectivity index (χ3v) is 2.98. The summed E-state index contributed by atoms with van der Waals surface area (Å²) < 4.78 is 7.32. The second-order valence-electron chi connectivity index (χ2n) is 3.79. The maximum atomic E-state index is 5.13. The summed E-state index contributed by atoms with van der Waals surface area (Å²) in [5.74, 6) is 1.42. The van der Waals surface area contributed by atoms with E-state index in [1.54, 1.807) is 11.8 Å². The molecule has 1 aromatic carbocycles. The lowest BCUT2D eigenvalue weighted by molar-refractivity contribution is 0.414. The van der Waals surface area contributed by atoms with Crippen LogP contribution in [0.3, 0.4) is 0 Å². The highest BCUT2D eigenvalue weighted by atomic mass is 32.1. The fourth-order valence-electron chi connectivity index (χ4n) is 1.75. The smallest absolute Gasteiger partial charge is 0.256 e. The second kappa shape index (κ2) is 4.31. The predicted octanol–water partition coefficient (Wildman–Crippen LogP) is 1.12. The fourth-order valence-corrected chi connectivity index (χ4v) is 1.94. The van der Waals surface area contributed by atoms with Crippen LogP contribution in [-0.2, 0) is 0 Å². The Balaban J connectivity index is 1.86. The Morgan fingerprint density at radius 1 is 1.33 bits per heavy atom. The Morgan fingerprint density at radius 2 is 2.11 bits per heavy atom. The summed E-state index contributed by atoms with van der Waals surface area (Å²) in [5.41, 5.74) is 10.3. The minimum absolute atomic E-state index is 0.104. The number of rotatable bonds is 2. The number of hydrazine groups is 1. The highest BCUT2D eigenvalue weighted by Gasteiger charge is 2.19. The molecule has 1 atom stereocenters. The SMILES string of the molecule is COc1ccc(C2NNc3n[nH]c(=S)n3N2)cc1. The zero-order valence-electron chi connectivity index (χ0n) is 9.60. The molecule has 0 spiro atoms. The van der Waals surface area contributed by atoms with Gasteiger partial charge in [0.05, 0.1) is 7.11 Å². The lowest BCUT2D eigenvalue weighted by Gasteiger charge is -2.27. The Labute approximate surface area is 108 Å². The number of hydrogen-bond donors (Lipinski definition) is 4. The average molecular weight is 264 g/mol. The van der Waals surface area contributed by atoms with Crippen LogP contribution in [0.4, 0.5) is 5.95 Å². The Bertz CT molecular complexity index is 604. The van der Waals surface area contributed by atoms with Crippen LogP contribution in [0.25, 0.3) is 0 Å². The third kappa shape index (κ3) is 1.81. The van der Waals surface area contributed by atoms with E-state index in [9.17, 15) is 0 Å². The van der Waals surface area contributed by atoms with E-state index in [-0.39, 0.29) is 6.17 Å². The van der Waals surface area contributed by atoms with Crippen LogP contribution >= 0.6 is 12.2 Å². The van der Waals surface area contributed by atoms with Crippen molar-refractivity contribution < 1.29 is 4.74 Å². The van der Waals surface area contributed by atoms with Crippen LogP contribution in [0.1, 0.15) is 11.7 Å². The van der Waals surface area contributed by atoms with E-state index in [2.05, 4.69) is 26.5 Å². The quantitative estimate of drug-likeness (QED) is 0.609. The van der Waals surface area contributed by atoms with Crippen LogP contribution in [-0.4, -0.2) is 22.0 Å². The predicted molar refractivity (Wildman–Crippen MR) is 69.3 cm³/mol. The van der Waals surface area contributed by atoms with Crippen molar-refractivity contribution in [3.63, 3.8) is 0 Å². The zero-order valence-corrected chi connectivity index (χ0v) is 10.4. The summed E-state index contributed by atoms with van der Waals surface area (Å²) in [6, 6.07) is 7.76. The maximum Gasteiger partial charge on any atom is 0.256 e. The van der Waals surface area contributed by atoms with E-state index in [1.807, 2.05) is 24.3 Å². The first-order chi connectivity index (χ1) is 8.78. The molecule has 1 aliphatic heterocycles. The number of aromatic amines is 1. The number of nitrogens with one attached hydrogen (secondary N) is 4. The highest BCUT2D eigenvalue weighted by molar-refractivity contribution is 7.71. The molecular formula is C10H12N6OS. The van der Waals surface area contributed by atoms with E-state index in [0.29, 0.717) is 10.7 Å². The number of methoxy groups -OCH3 is 1. The molecule has 0 radical (unpaired) electrons. The second-order valence-corrected chi connectivity index (χ2v) is 4.18. The van der Waals surface area contributed by atoms with E-state index >= 15 is 0 Å². The van der Waals surface area contributed by atoms with E-state index in [4.69, 9.17) is 17.0 Å². The highest BCUT2D eigenvalue weighted by Crippen LogP contribution is 2.19. The number of H-pyrrole nitrogens is 1. The number of aromatic nitrogens is 3.